The fraction of sp³-hybridized carbons (Fsp3) is 0.333. The van der Waals surface area contributed by atoms with Gasteiger partial charge in [-0.05, 0) is 31.0 Å². The van der Waals surface area contributed by atoms with Crippen molar-refractivity contribution in [1.29, 1.82) is 0 Å². The second-order valence-corrected chi connectivity index (χ2v) is 8.39. The zero-order chi connectivity index (χ0) is 22.1. The van der Waals surface area contributed by atoms with Crippen LogP contribution in [0.3, 0.4) is 0 Å². The molecule has 1 saturated carbocycles. The maximum Gasteiger partial charge on any atom is 0.264 e. The van der Waals surface area contributed by atoms with Crippen LogP contribution in [-0.4, -0.2) is 32.4 Å². The predicted molar refractivity (Wildman–Crippen MR) is 117 cm³/mol. The molecule has 0 bridgehead atoms. The molecule has 3 heterocycles. The van der Waals surface area contributed by atoms with E-state index < -0.39 is 17.8 Å². The Morgan fingerprint density at radius 1 is 0.969 bits per heavy atom. The Kier molecular flexibility index (Phi) is 5.57. The van der Waals surface area contributed by atoms with Gasteiger partial charge in [-0.1, -0.05) is 12.1 Å². The Labute approximate surface area is 183 Å². The van der Waals surface area contributed by atoms with Crippen LogP contribution in [0.1, 0.15) is 30.4 Å². The first-order chi connectivity index (χ1) is 15.5. The predicted octanol–water partition coefficient (Wildman–Crippen LogP) is 4.46. The standard InChI is InChI=1S/C24H24F3N5/c25-20-12-21-16(3-1-7-28-21)11-18(20)15-31-22-6-5-19(13-24(22,26)27)30-14-17-4-2-9-32-10-8-29-23(17)32/h1-4,7-12,19,22,30-31H,5-6,13-15H2/t19-,22-/m1/s1. The highest BCUT2D eigenvalue weighted by molar-refractivity contribution is 5.79. The summed E-state index contributed by atoms with van der Waals surface area (Å²) in [6, 6.07) is 9.23. The Balaban J connectivity index is 1.20. The third-order valence-corrected chi connectivity index (χ3v) is 6.22. The number of pyridine rings is 2. The molecule has 8 heteroatoms. The van der Waals surface area contributed by atoms with Gasteiger partial charge >= 0.3 is 0 Å². The highest BCUT2D eigenvalue weighted by Crippen LogP contribution is 2.34. The Morgan fingerprint density at radius 3 is 2.72 bits per heavy atom. The molecule has 1 fully saturated rings. The smallest absolute Gasteiger partial charge is 0.264 e. The second kappa shape index (κ2) is 8.52. The third kappa shape index (κ3) is 4.20. The number of nitrogens with one attached hydrogen (secondary N) is 2. The fourth-order valence-electron chi connectivity index (χ4n) is 4.49. The Hall–Kier alpha value is -2.97. The van der Waals surface area contributed by atoms with Crippen LogP contribution < -0.4 is 10.6 Å². The molecular formula is C24H24F3N5. The van der Waals surface area contributed by atoms with E-state index in [0.717, 1.165) is 16.6 Å². The molecule has 0 aliphatic heterocycles. The summed E-state index contributed by atoms with van der Waals surface area (Å²) in [5.74, 6) is -3.32. The lowest BCUT2D eigenvalue weighted by Crippen LogP contribution is -2.52. The summed E-state index contributed by atoms with van der Waals surface area (Å²) < 4.78 is 46.1. The summed E-state index contributed by atoms with van der Waals surface area (Å²) >= 11 is 0. The minimum Gasteiger partial charge on any atom is -0.310 e. The number of imidazole rings is 1. The molecule has 5 rings (SSSR count). The summed E-state index contributed by atoms with van der Waals surface area (Å²) in [5, 5.41) is 6.96. The maximum atomic E-state index is 14.9. The molecule has 0 unspecified atom stereocenters. The summed E-state index contributed by atoms with van der Waals surface area (Å²) in [6.07, 6.45) is 7.77. The van der Waals surface area contributed by atoms with Gasteiger partial charge in [0.2, 0.25) is 0 Å². The first-order valence-electron chi connectivity index (χ1n) is 10.8. The van der Waals surface area contributed by atoms with Gasteiger partial charge in [0, 0.05) is 72.9 Å². The normalized spacial score (nSPS) is 20.7. The first-order valence-corrected chi connectivity index (χ1v) is 10.8. The molecule has 5 nitrogen and oxygen atoms in total. The van der Waals surface area contributed by atoms with Crippen LogP contribution in [0.25, 0.3) is 16.6 Å². The lowest BCUT2D eigenvalue weighted by Gasteiger charge is -2.37. The van der Waals surface area contributed by atoms with Gasteiger partial charge in [0.25, 0.3) is 5.92 Å². The van der Waals surface area contributed by atoms with Crippen molar-refractivity contribution in [1.82, 2.24) is 25.0 Å². The second-order valence-electron chi connectivity index (χ2n) is 8.39. The summed E-state index contributed by atoms with van der Waals surface area (Å²) in [5.41, 5.74) is 2.73. The highest BCUT2D eigenvalue weighted by Gasteiger charge is 2.44. The molecule has 0 spiro atoms. The minimum absolute atomic E-state index is 0.0525. The number of rotatable bonds is 6. The van der Waals surface area contributed by atoms with E-state index >= 15 is 0 Å². The average molecular weight is 439 g/mol. The highest BCUT2D eigenvalue weighted by atomic mass is 19.3. The summed E-state index contributed by atoms with van der Waals surface area (Å²) in [4.78, 5) is 8.46. The van der Waals surface area contributed by atoms with E-state index in [0.29, 0.717) is 30.5 Å². The van der Waals surface area contributed by atoms with E-state index in [2.05, 4.69) is 20.6 Å². The number of benzene rings is 1. The van der Waals surface area contributed by atoms with Crippen LogP contribution in [0.4, 0.5) is 13.2 Å². The molecule has 4 aromatic rings. The van der Waals surface area contributed by atoms with Gasteiger partial charge in [-0.15, -0.1) is 0 Å². The lowest BCUT2D eigenvalue weighted by atomic mass is 9.87. The number of hydrogen-bond acceptors (Lipinski definition) is 4. The van der Waals surface area contributed by atoms with Crippen LogP contribution in [0.15, 0.2) is 61.2 Å². The molecule has 1 aliphatic rings. The van der Waals surface area contributed by atoms with Crippen molar-refractivity contribution in [3.63, 3.8) is 0 Å². The Morgan fingerprint density at radius 2 is 1.84 bits per heavy atom. The number of aromatic nitrogens is 3. The van der Waals surface area contributed by atoms with Crippen LogP contribution in [-0.2, 0) is 13.1 Å². The summed E-state index contributed by atoms with van der Waals surface area (Å²) in [6.45, 7) is 0.535. The molecule has 3 aromatic heterocycles. The minimum atomic E-state index is -2.88. The molecular weight excluding hydrogens is 415 g/mol. The van der Waals surface area contributed by atoms with Crippen molar-refractivity contribution in [2.24, 2.45) is 0 Å². The molecule has 1 aromatic carbocycles. The van der Waals surface area contributed by atoms with Crippen LogP contribution >= 0.6 is 0 Å². The van der Waals surface area contributed by atoms with Crippen molar-refractivity contribution < 1.29 is 13.2 Å². The van der Waals surface area contributed by atoms with Gasteiger partial charge in [0.05, 0.1) is 11.6 Å². The fourth-order valence-corrected chi connectivity index (χ4v) is 4.49. The van der Waals surface area contributed by atoms with Gasteiger partial charge in [0.15, 0.2) is 0 Å². The van der Waals surface area contributed by atoms with Gasteiger partial charge in [-0.25, -0.2) is 18.2 Å². The molecule has 1 aliphatic carbocycles. The van der Waals surface area contributed by atoms with E-state index in [-0.39, 0.29) is 19.0 Å². The first kappa shape index (κ1) is 20.9. The average Bonchev–Trinajstić information content (AvgIpc) is 3.26. The van der Waals surface area contributed by atoms with Gasteiger partial charge in [-0.3, -0.25) is 4.98 Å². The zero-order valence-electron chi connectivity index (χ0n) is 17.4. The van der Waals surface area contributed by atoms with Gasteiger partial charge < -0.3 is 15.0 Å². The molecule has 0 saturated heterocycles. The number of halogens is 3. The topological polar surface area (TPSA) is 54.2 Å². The van der Waals surface area contributed by atoms with E-state index in [4.69, 9.17) is 0 Å². The number of alkyl halides is 2. The lowest BCUT2D eigenvalue weighted by molar-refractivity contribution is -0.0735. The van der Waals surface area contributed by atoms with Crippen LogP contribution in [0, 0.1) is 5.82 Å². The van der Waals surface area contributed by atoms with Crippen LogP contribution in [0.5, 0.6) is 0 Å². The zero-order valence-corrected chi connectivity index (χ0v) is 17.4. The van der Waals surface area contributed by atoms with E-state index in [9.17, 15) is 13.2 Å². The third-order valence-electron chi connectivity index (χ3n) is 6.22. The van der Waals surface area contributed by atoms with E-state index in [1.165, 1.54) is 6.07 Å². The van der Waals surface area contributed by atoms with Crippen molar-refractivity contribution in [3.8, 4) is 0 Å². The number of fused-ring (bicyclic) bond motifs is 2. The van der Waals surface area contributed by atoms with Crippen LogP contribution in [0.2, 0.25) is 0 Å². The molecule has 32 heavy (non-hydrogen) atoms. The quantitative estimate of drug-likeness (QED) is 0.466. The monoisotopic (exact) mass is 439 g/mol. The van der Waals surface area contributed by atoms with E-state index in [1.807, 2.05) is 35.0 Å². The van der Waals surface area contributed by atoms with Crippen molar-refractivity contribution >= 4 is 16.6 Å². The molecule has 0 amide bonds. The van der Waals surface area contributed by atoms with Crippen molar-refractivity contribution in [3.05, 3.63) is 78.1 Å². The SMILES string of the molecule is Fc1cc2ncccc2cc1CN[C@@H]1CC[C@@H](NCc2cccn3ccnc23)CC1(F)F. The molecule has 2 N–H and O–H groups in total. The Bertz CT molecular complexity index is 1240. The largest absolute Gasteiger partial charge is 0.310 e. The molecule has 0 radical (unpaired) electrons. The maximum absolute atomic E-state index is 14.9. The number of nitrogens with zero attached hydrogens (tertiary/aromatic N) is 3. The molecule has 166 valence electrons. The summed E-state index contributed by atoms with van der Waals surface area (Å²) in [7, 11) is 0. The van der Waals surface area contributed by atoms with Gasteiger partial charge in [-0.2, -0.15) is 0 Å². The molecule has 2 atom stereocenters. The van der Waals surface area contributed by atoms with E-state index in [1.54, 1.807) is 24.5 Å². The van der Waals surface area contributed by atoms with Crippen molar-refractivity contribution in [2.75, 3.05) is 0 Å². The number of hydrogen-bond donors (Lipinski definition) is 2. The van der Waals surface area contributed by atoms with Crippen molar-refractivity contribution in [2.45, 2.75) is 50.4 Å². The van der Waals surface area contributed by atoms with Gasteiger partial charge in [0.1, 0.15) is 11.5 Å².